The maximum atomic E-state index is 13.5. The molecule has 3 heterocycles. The highest BCUT2D eigenvalue weighted by molar-refractivity contribution is 6.34. The number of aromatic amines is 1. The number of H-pyrrole nitrogens is 1. The van der Waals surface area contributed by atoms with Gasteiger partial charge in [0.1, 0.15) is 0 Å². The molecule has 0 saturated carbocycles. The number of fused-ring (bicyclic) bond motifs is 2. The molecule has 178 valence electrons. The van der Waals surface area contributed by atoms with E-state index >= 15 is 0 Å². The van der Waals surface area contributed by atoms with E-state index in [1.807, 2.05) is 33.8 Å². The summed E-state index contributed by atoms with van der Waals surface area (Å²) in [5.41, 5.74) is 4.30. The summed E-state index contributed by atoms with van der Waals surface area (Å²) in [4.78, 5) is 30.6. The van der Waals surface area contributed by atoms with Gasteiger partial charge in [0.15, 0.2) is 11.5 Å². The molecule has 4 rings (SSSR count). The van der Waals surface area contributed by atoms with Crippen LogP contribution in [0.3, 0.4) is 0 Å². The summed E-state index contributed by atoms with van der Waals surface area (Å²) in [6, 6.07) is 1.93. The van der Waals surface area contributed by atoms with Crippen LogP contribution in [0.15, 0.2) is 10.9 Å². The van der Waals surface area contributed by atoms with E-state index in [1.54, 1.807) is 4.90 Å². The summed E-state index contributed by atoms with van der Waals surface area (Å²) < 4.78 is 12.5. The van der Waals surface area contributed by atoms with Gasteiger partial charge in [-0.25, -0.2) is 0 Å². The van der Waals surface area contributed by atoms with Crippen LogP contribution in [0.2, 0.25) is 5.02 Å². The monoisotopic (exact) mass is 472 g/mol. The van der Waals surface area contributed by atoms with Gasteiger partial charge in [-0.3, -0.25) is 9.59 Å². The summed E-state index contributed by atoms with van der Waals surface area (Å²) in [7, 11) is 0. The molecule has 33 heavy (non-hydrogen) atoms. The van der Waals surface area contributed by atoms with E-state index in [4.69, 9.17) is 21.1 Å². The number of aromatic nitrogens is 1. The Labute approximate surface area is 200 Å². The first-order chi connectivity index (χ1) is 15.6. The Morgan fingerprint density at radius 3 is 2.55 bits per heavy atom. The normalized spacial score (nSPS) is 19.2. The highest BCUT2D eigenvalue weighted by Gasteiger charge is 2.42. The Morgan fingerprint density at radius 2 is 1.85 bits per heavy atom. The zero-order chi connectivity index (χ0) is 23.9. The number of hydrogen-bond donors (Lipinski definition) is 1. The van der Waals surface area contributed by atoms with Gasteiger partial charge < -0.3 is 19.4 Å². The van der Waals surface area contributed by atoms with Gasteiger partial charge in [-0.2, -0.15) is 0 Å². The van der Waals surface area contributed by atoms with Gasteiger partial charge in [-0.1, -0.05) is 37.8 Å². The van der Waals surface area contributed by atoms with Crippen molar-refractivity contribution in [3.63, 3.8) is 0 Å². The van der Waals surface area contributed by atoms with E-state index in [2.05, 4.69) is 11.9 Å². The van der Waals surface area contributed by atoms with Gasteiger partial charge in [0.2, 0.25) is 5.79 Å². The number of nitrogens with one attached hydrogen (secondary N) is 1. The number of pyridine rings is 1. The lowest BCUT2D eigenvalue weighted by Crippen LogP contribution is -2.39. The maximum absolute atomic E-state index is 13.5. The third kappa shape index (κ3) is 4.37. The Kier molecular flexibility index (Phi) is 6.50. The number of ether oxygens (including phenoxy) is 2. The van der Waals surface area contributed by atoms with Crippen LogP contribution < -0.4 is 15.0 Å². The average Bonchev–Trinajstić information content (AvgIpc) is 3.11. The van der Waals surface area contributed by atoms with E-state index in [0.717, 1.165) is 41.6 Å². The molecule has 0 fully saturated rings. The second-order valence-corrected chi connectivity index (χ2v) is 9.90. The molecule has 1 aromatic heterocycles. The van der Waals surface area contributed by atoms with Crippen LogP contribution in [0.5, 0.6) is 11.5 Å². The van der Waals surface area contributed by atoms with Crippen molar-refractivity contribution >= 4 is 17.5 Å². The molecule has 0 radical (unpaired) electrons. The number of aryl methyl sites for hydroxylation is 2. The number of nitrogens with zero attached hydrogens (tertiary/aromatic N) is 1. The van der Waals surface area contributed by atoms with Gasteiger partial charge in [0.25, 0.3) is 11.5 Å². The van der Waals surface area contributed by atoms with Crippen molar-refractivity contribution in [1.82, 2.24) is 9.88 Å². The molecule has 2 aliphatic heterocycles. The summed E-state index contributed by atoms with van der Waals surface area (Å²) in [6.45, 7) is 10.5. The number of halogens is 1. The molecular formula is C26H33ClN2O4. The second kappa shape index (κ2) is 9.05. The first-order valence-electron chi connectivity index (χ1n) is 11.9. The molecule has 1 unspecified atom stereocenters. The Balaban J connectivity index is 1.62. The number of carbonyl (C=O) groups is 1. The van der Waals surface area contributed by atoms with E-state index in [1.165, 1.54) is 12.8 Å². The summed E-state index contributed by atoms with van der Waals surface area (Å²) in [5, 5.41) is 0.472. The quantitative estimate of drug-likeness (QED) is 0.531. The minimum atomic E-state index is -0.774. The van der Waals surface area contributed by atoms with Crippen LogP contribution in [0.25, 0.3) is 0 Å². The molecule has 0 saturated heterocycles. The average molecular weight is 473 g/mol. The highest BCUT2D eigenvalue weighted by atomic mass is 35.5. The van der Waals surface area contributed by atoms with Crippen molar-refractivity contribution in [2.24, 2.45) is 0 Å². The number of carbonyl (C=O) groups excluding carboxylic acids is 1. The lowest BCUT2D eigenvalue weighted by atomic mass is 9.93. The molecule has 0 aliphatic carbocycles. The van der Waals surface area contributed by atoms with Gasteiger partial charge in [0, 0.05) is 36.7 Å². The molecule has 2 aliphatic rings. The summed E-state index contributed by atoms with van der Waals surface area (Å²) in [6.07, 6.45) is 5.86. The molecule has 7 heteroatoms. The van der Waals surface area contributed by atoms with E-state index in [0.29, 0.717) is 40.6 Å². The van der Waals surface area contributed by atoms with Crippen molar-refractivity contribution in [3.05, 3.63) is 55.0 Å². The van der Waals surface area contributed by atoms with E-state index in [9.17, 15) is 9.59 Å². The van der Waals surface area contributed by atoms with Gasteiger partial charge in [-0.15, -0.1) is 0 Å². The van der Waals surface area contributed by atoms with Crippen LogP contribution in [0, 0.1) is 20.8 Å². The summed E-state index contributed by atoms with van der Waals surface area (Å²) >= 11 is 6.77. The minimum absolute atomic E-state index is 0.127. The van der Waals surface area contributed by atoms with Crippen molar-refractivity contribution < 1.29 is 14.3 Å². The standard InChI is InChI=1S/C26H33ClN2O4/c1-6-7-8-9-11-26(5)32-22-17(4)20-18(21(27)23(22)33-26)10-12-29(25(20)31)14-19-15(2)13-16(3)28-24(19)30/h13H,6-12,14H2,1-5H3,(H,28,30). The third-order valence-electron chi connectivity index (χ3n) is 6.78. The zero-order valence-corrected chi connectivity index (χ0v) is 20.9. The Bertz CT molecular complexity index is 1160. The lowest BCUT2D eigenvalue weighted by molar-refractivity contribution is -0.0698. The van der Waals surface area contributed by atoms with Crippen LogP contribution in [-0.4, -0.2) is 28.1 Å². The topological polar surface area (TPSA) is 71.6 Å². The number of rotatable bonds is 7. The molecule has 1 amide bonds. The van der Waals surface area contributed by atoms with Crippen molar-refractivity contribution in [2.75, 3.05) is 6.54 Å². The Hall–Kier alpha value is -2.47. The summed E-state index contributed by atoms with van der Waals surface area (Å²) in [5.74, 6) is 0.218. The SMILES string of the molecule is CCCCCCC1(C)Oc2c(C)c3c(c(Cl)c2O1)CCN(Cc1c(C)cc(C)[nH]c1=O)C3=O. The Morgan fingerprint density at radius 1 is 1.12 bits per heavy atom. The number of benzene rings is 1. The predicted octanol–water partition coefficient (Wildman–Crippen LogP) is 5.61. The van der Waals surface area contributed by atoms with Crippen LogP contribution in [0.1, 0.15) is 84.3 Å². The van der Waals surface area contributed by atoms with Crippen molar-refractivity contribution in [2.45, 2.75) is 85.5 Å². The fourth-order valence-electron chi connectivity index (χ4n) is 4.95. The number of hydrogen-bond acceptors (Lipinski definition) is 4. The molecule has 1 N–H and O–H groups in total. The van der Waals surface area contributed by atoms with Gasteiger partial charge in [0.05, 0.1) is 17.1 Å². The molecule has 2 aromatic rings. The van der Waals surface area contributed by atoms with E-state index < -0.39 is 5.79 Å². The van der Waals surface area contributed by atoms with Crippen LogP contribution >= 0.6 is 11.6 Å². The van der Waals surface area contributed by atoms with Gasteiger partial charge >= 0.3 is 0 Å². The molecule has 1 aromatic carbocycles. The first-order valence-corrected chi connectivity index (χ1v) is 12.2. The van der Waals surface area contributed by atoms with Crippen molar-refractivity contribution in [1.29, 1.82) is 0 Å². The van der Waals surface area contributed by atoms with Crippen LogP contribution in [-0.2, 0) is 13.0 Å². The molecule has 1 atom stereocenters. The smallest absolute Gasteiger partial charge is 0.254 e. The highest BCUT2D eigenvalue weighted by Crippen LogP contribution is 2.51. The molecule has 6 nitrogen and oxygen atoms in total. The van der Waals surface area contributed by atoms with E-state index in [-0.39, 0.29) is 18.0 Å². The third-order valence-corrected chi connectivity index (χ3v) is 7.18. The maximum Gasteiger partial charge on any atom is 0.254 e. The largest absolute Gasteiger partial charge is 0.448 e. The first kappa shape index (κ1) is 23.7. The lowest BCUT2D eigenvalue weighted by Gasteiger charge is -2.30. The van der Waals surface area contributed by atoms with Gasteiger partial charge in [-0.05, 0) is 50.8 Å². The molecule has 0 spiro atoms. The second-order valence-electron chi connectivity index (χ2n) is 9.52. The molecule has 0 bridgehead atoms. The number of unbranched alkanes of at least 4 members (excludes halogenated alkanes) is 3. The predicted molar refractivity (Wildman–Crippen MR) is 130 cm³/mol. The minimum Gasteiger partial charge on any atom is -0.448 e. The zero-order valence-electron chi connectivity index (χ0n) is 20.2. The fraction of sp³-hybridized carbons (Fsp3) is 0.538. The molecular weight excluding hydrogens is 440 g/mol. The number of amides is 1. The van der Waals surface area contributed by atoms with Crippen molar-refractivity contribution in [3.8, 4) is 11.5 Å². The van der Waals surface area contributed by atoms with Crippen LogP contribution in [0.4, 0.5) is 0 Å². The fourth-order valence-corrected chi connectivity index (χ4v) is 5.26.